The van der Waals surface area contributed by atoms with Crippen molar-refractivity contribution in [2.45, 2.75) is 6.42 Å². The second-order valence-corrected chi connectivity index (χ2v) is 6.04. The number of aromatic nitrogens is 1. The molecule has 0 fully saturated rings. The SMILES string of the molecule is O=C(O)Cc1c(-c2cccc(Br)c2)[nH]c2c(Cl)cccc12. The van der Waals surface area contributed by atoms with Crippen LogP contribution in [0.25, 0.3) is 22.2 Å². The fraction of sp³-hybridized carbons (Fsp3) is 0.0625. The Kier molecular flexibility index (Phi) is 3.74. The standard InChI is InChI=1S/C16H11BrClNO2/c17-10-4-1-3-9(7-10)15-12(8-14(20)21)11-5-2-6-13(18)16(11)19-15/h1-7,19H,8H2,(H,20,21). The molecule has 0 unspecified atom stereocenters. The number of carboxylic acid groups (broad SMARTS) is 1. The zero-order valence-electron chi connectivity index (χ0n) is 10.9. The molecule has 0 bridgehead atoms. The highest BCUT2D eigenvalue weighted by molar-refractivity contribution is 9.10. The fourth-order valence-corrected chi connectivity index (χ4v) is 3.08. The summed E-state index contributed by atoms with van der Waals surface area (Å²) >= 11 is 9.65. The Hall–Kier alpha value is -1.78. The van der Waals surface area contributed by atoms with Gasteiger partial charge in [0.25, 0.3) is 0 Å². The zero-order valence-corrected chi connectivity index (χ0v) is 13.2. The summed E-state index contributed by atoms with van der Waals surface area (Å²) in [6, 6.07) is 13.2. The lowest BCUT2D eigenvalue weighted by atomic mass is 10.0. The van der Waals surface area contributed by atoms with Crippen LogP contribution in [0.5, 0.6) is 0 Å². The predicted octanol–water partition coefficient (Wildman–Crippen LogP) is 4.88. The first kappa shape index (κ1) is 14.2. The molecule has 3 aromatic rings. The summed E-state index contributed by atoms with van der Waals surface area (Å²) in [7, 11) is 0. The third-order valence-corrected chi connectivity index (χ3v) is 4.14. The number of hydrogen-bond acceptors (Lipinski definition) is 1. The lowest BCUT2D eigenvalue weighted by molar-refractivity contribution is -0.136. The first-order valence-electron chi connectivity index (χ1n) is 6.33. The van der Waals surface area contributed by atoms with Crippen molar-refractivity contribution in [2.75, 3.05) is 0 Å². The smallest absolute Gasteiger partial charge is 0.307 e. The highest BCUT2D eigenvalue weighted by atomic mass is 79.9. The van der Waals surface area contributed by atoms with E-state index < -0.39 is 5.97 Å². The summed E-state index contributed by atoms with van der Waals surface area (Å²) < 4.78 is 0.936. The Balaban J connectivity index is 2.30. The van der Waals surface area contributed by atoms with Crippen LogP contribution >= 0.6 is 27.5 Å². The third-order valence-electron chi connectivity index (χ3n) is 3.33. The van der Waals surface area contributed by atoms with Gasteiger partial charge < -0.3 is 10.1 Å². The number of nitrogens with one attached hydrogen (secondary N) is 1. The lowest BCUT2D eigenvalue weighted by Crippen LogP contribution is -2.00. The number of carbonyl (C=O) groups is 1. The molecule has 3 nitrogen and oxygen atoms in total. The van der Waals surface area contributed by atoms with Crippen LogP contribution in [0, 0.1) is 0 Å². The maximum absolute atomic E-state index is 11.2. The second-order valence-electron chi connectivity index (χ2n) is 4.72. The number of fused-ring (bicyclic) bond motifs is 1. The number of aromatic amines is 1. The van der Waals surface area contributed by atoms with E-state index in [-0.39, 0.29) is 6.42 Å². The molecule has 2 N–H and O–H groups in total. The maximum Gasteiger partial charge on any atom is 0.307 e. The van der Waals surface area contributed by atoms with Gasteiger partial charge in [0.15, 0.2) is 0 Å². The Morgan fingerprint density at radius 3 is 2.71 bits per heavy atom. The summed E-state index contributed by atoms with van der Waals surface area (Å²) in [5.41, 5.74) is 3.23. The number of carboxylic acids is 1. The molecule has 0 spiro atoms. The van der Waals surface area contributed by atoms with Crippen LogP contribution in [0.1, 0.15) is 5.56 Å². The molecule has 21 heavy (non-hydrogen) atoms. The van der Waals surface area contributed by atoms with E-state index in [2.05, 4.69) is 20.9 Å². The van der Waals surface area contributed by atoms with Crippen LogP contribution in [0.2, 0.25) is 5.02 Å². The highest BCUT2D eigenvalue weighted by Crippen LogP contribution is 2.34. The molecule has 2 aromatic carbocycles. The molecule has 0 amide bonds. The van der Waals surface area contributed by atoms with Gasteiger partial charge in [0.05, 0.1) is 22.7 Å². The summed E-state index contributed by atoms with van der Waals surface area (Å²) in [5.74, 6) is -0.868. The van der Waals surface area contributed by atoms with Crippen molar-refractivity contribution in [3.63, 3.8) is 0 Å². The van der Waals surface area contributed by atoms with Gasteiger partial charge in [-0.2, -0.15) is 0 Å². The molecule has 1 aromatic heterocycles. The van der Waals surface area contributed by atoms with Gasteiger partial charge in [-0.1, -0.05) is 51.8 Å². The average molecular weight is 365 g/mol. The Bertz CT molecular complexity index is 841. The largest absolute Gasteiger partial charge is 0.481 e. The summed E-state index contributed by atoms with van der Waals surface area (Å²) in [6.45, 7) is 0. The van der Waals surface area contributed by atoms with E-state index in [1.54, 1.807) is 6.07 Å². The zero-order chi connectivity index (χ0) is 15.0. The van der Waals surface area contributed by atoms with Crippen LogP contribution in [-0.2, 0) is 11.2 Å². The van der Waals surface area contributed by atoms with E-state index >= 15 is 0 Å². The van der Waals surface area contributed by atoms with Gasteiger partial charge in [0.1, 0.15) is 0 Å². The molecule has 0 saturated heterocycles. The number of aliphatic carboxylic acids is 1. The molecule has 3 rings (SSSR count). The molecule has 1 heterocycles. The average Bonchev–Trinajstić information content (AvgIpc) is 2.79. The molecular formula is C16H11BrClNO2. The van der Waals surface area contributed by atoms with Gasteiger partial charge in [-0.15, -0.1) is 0 Å². The van der Waals surface area contributed by atoms with Gasteiger partial charge in [-0.05, 0) is 29.3 Å². The molecule has 106 valence electrons. The van der Waals surface area contributed by atoms with Crippen LogP contribution in [-0.4, -0.2) is 16.1 Å². The number of benzene rings is 2. The fourth-order valence-electron chi connectivity index (χ4n) is 2.46. The minimum Gasteiger partial charge on any atom is -0.481 e. The van der Waals surface area contributed by atoms with Crippen LogP contribution in [0.3, 0.4) is 0 Å². The lowest BCUT2D eigenvalue weighted by Gasteiger charge is -2.03. The monoisotopic (exact) mass is 363 g/mol. The van der Waals surface area contributed by atoms with Crippen molar-refractivity contribution in [1.82, 2.24) is 4.98 Å². The van der Waals surface area contributed by atoms with Crippen molar-refractivity contribution in [1.29, 1.82) is 0 Å². The first-order chi connectivity index (χ1) is 10.1. The Labute approximate surface area is 134 Å². The molecule has 0 saturated carbocycles. The van der Waals surface area contributed by atoms with E-state index in [9.17, 15) is 9.90 Å². The molecule has 0 aliphatic carbocycles. The Morgan fingerprint density at radius 1 is 1.24 bits per heavy atom. The van der Waals surface area contributed by atoms with E-state index in [1.807, 2.05) is 36.4 Å². The molecule has 0 radical (unpaired) electrons. The summed E-state index contributed by atoms with van der Waals surface area (Å²) in [5, 5.41) is 10.6. The summed E-state index contributed by atoms with van der Waals surface area (Å²) in [4.78, 5) is 14.5. The normalized spacial score (nSPS) is 11.0. The second kappa shape index (κ2) is 5.54. The third kappa shape index (κ3) is 2.69. The first-order valence-corrected chi connectivity index (χ1v) is 7.50. The van der Waals surface area contributed by atoms with E-state index in [0.29, 0.717) is 5.02 Å². The van der Waals surface area contributed by atoms with Crippen molar-refractivity contribution in [3.05, 3.63) is 57.5 Å². The van der Waals surface area contributed by atoms with Gasteiger partial charge in [0.2, 0.25) is 0 Å². The van der Waals surface area contributed by atoms with Crippen molar-refractivity contribution in [2.24, 2.45) is 0 Å². The molecule has 5 heteroatoms. The predicted molar refractivity (Wildman–Crippen MR) is 87.8 cm³/mol. The van der Waals surface area contributed by atoms with Gasteiger partial charge in [-0.25, -0.2) is 0 Å². The van der Waals surface area contributed by atoms with Gasteiger partial charge in [0, 0.05) is 9.86 Å². The van der Waals surface area contributed by atoms with Crippen LogP contribution in [0.15, 0.2) is 46.9 Å². The van der Waals surface area contributed by atoms with E-state index in [1.165, 1.54) is 0 Å². The van der Waals surface area contributed by atoms with Crippen molar-refractivity contribution < 1.29 is 9.90 Å². The van der Waals surface area contributed by atoms with E-state index in [0.717, 1.165) is 32.2 Å². The van der Waals surface area contributed by atoms with Crippen molar-refractivity contribution in [3.8, 4) is 11.3 Å². The Morgan fingerprint density at radius 2 is 2.00 bits per heavy atom. The number of rotatable bonds is 3. The van der Waals surface area contributed by atoms with Crippen LogP contribution in [0.4, 0.5) is 0 Å². The molecular weight excluding hydrogens is 354 g/mol. The molecule has 0 atom stereocenters. The van der Waals surface area contributed by atoms with Crippen molar-refractivity contribution >= 4 is 44.4 Å². The van der Waals surface area contributed by atoms with Crippen LogP contribution < -0.4 is 0 Å². The van der Waals surface area contributed by atoms with Gasteiger partial charge >= 0.3 is 5.97 Å². The molecule has 0 aliphatic heterocycles. The number of H-pyrrole nitrogens is 1. The highest BCUT2D eigenvalue weighted by Gasteiger charge is 2.17. The summed E-state index contributed by atoms with van der Waals surface area (Å²) in [6.07, 6.45) is -0.0534. The molecule has 0 aliphatic rings. The minimum absolute atomic E-state index is 0.0534. The number of para-hydroxylation sites is 1. The van der Waals surface area contributed by atoms with Gasteiger partial charge in [-0.3, -0.25) is 4.79 Å². The topological polar surface area (TPSA) is 53.1 Å². The minimum atomic E-state index is -0.868. The maximum atomic E-state index is 11.2. The van der Waals surface area contributed by atoms with E-state index in [4.69, 9.17) is 11.6 Å². The number of halogens is 2. The number of hydrogen-bond donors (Lipinski definition) is 2. The quantitative estimate of drug-likeness (QED) is 0.696.